The van der Waals surface area contributed by atoms with Gasteiger partial charge in [0, 0.05) is 12.2 Å². The molecule has 1 N–H and O–H groups in total. The molecule has 0 radical (unpaired) electrons. The zero-order valence-electron chi connectivity index (χ0n) is 16.4. The van der Waals surface area contributed by atoms with Gasteiger partial charge in [0.15, 0.2) is 5.65 Å². The molecule has 2 aromatic heterocycles. The molecule has 1 aliphatic heterocycles. The normalized spacial score (nSPS) is 12.9. The Morgan fingerprint density at radius 3 is 2.70 bits per heavy atom. The molecule has 0 unspecified atom stereocenters. The molecular weight excluding hydrogens is 380 g/mol. The molecule has 1 amide bonds. The summed E-state index contributed by atoms with van der Waals surface area (Å²) < 4.78 is 2.82. The number of hydrogen-bond donors (Lipinski definition) is 1. The van der Waals surface area contributed by atoms with Crippen LogP contribution in [-0.2, 0) is 11.2 Å². The van der Waals surface area contributed by atoms with Crippen molar-refractivity contribution in [1.82, 2.24) is 19.4 Å². The van der Waals surface area contributed by atoms with E-state index in [2.05, 4.69) is 21.6 Å². The van der Waals surface area contributed by atoms with Crippen molar-refractivity contribution in [2.45, 2.75) is 13.3 Å². The number of benzene rings is 2. The van der Waals surface area contributed by atoms with Crippen LogP contribution in [0, 0.1) is 6.92 Å². The van der Waals surface area contributed by atoms with Crippen LogP contribution in [0.25, 0.3) is 16.7 Å². The zero-order chi connectivity index (χ0) is 20.7. The minimum atomic E-state index is -0.352. The van der Waals surface area contributed by atoms with Crippen LogP contribution in [0.1, 0.15) is 11.4 Å². The van der Waals surface area contributed by atoms with Crippen molar-refractivity contribution in [3.05, 3.63) is 82.5 Å². The van der Waals surface area contributed by atoms with Crippen LogP contribution in [-0.4, -0.2) is 38.4 Å². The first kappa shape index (κ1) is 18.1. The van der Waals surface area contributed by atoms with Crippen molar-refractivity contribution >= 4 is 22.6 Å². The second-order valence-corrected chi connectivity index (χ2v) is 7.26. The quantitative estimate of drug-likeness (QED) is 0.567. The molecule has 0 bridgehead atoms. The number of anilines is 1. The van der Waals surface area contributed by atoms with E-state index < -0.39 is 0 Å². The number of carbonyl (C=O) groups is 1. The fourth-order valence-electron chi connectivity index (χ4n) is 3.87. The van der Waals surface area contributed by atoms with E-state index in [9.17, 15) is 9.59 Å². The maximum atomic E-state index is 13.0. The summed E-state index contributed by atoms with van der Waals surface area (Å²) in [4.78, 5) is 32.2. The molecule has 0 aliphatic carbocycles. The Bertz CT molecular complexity index is 1310. The van der Waals surface area contributed by atoms with Crippen LogP contribution in [0.3, 0.4) is 0 Å². The molecule has 5 rings (SSSR count). The molecule has 0 spiro atoms. The summed E-state index contributed by atoms with van der Waals surface area (Å²) in [6.07, 6.45) is 2.39. The summed E-state index contributed by atoms with van der Waals surface area (Å²) in [7, 11) is 0. The molecule has 150 valence electrons. The van der Waals surface area contributed by atoms with Gasteiger partial charge in [0.2, 0.25) is 0 Å². The van der Waals surface area contributed by atoms with E-state index in [0.29, 0.717) is 16.9 Å². The number of aryl methyl sites for hydroxylation is 1. The van der Waals surface area contributed by atoms with Crippen molar-refractivity contribution in [2.75, 3.05) is 23.4 Å². The first-order valence-corrected chi connectivity index (χ1v) is 9.77. The van der Waals surface area contributed by atoms with Gasteiger partial charge in [-0.25, -0.2) is 14.3 Å². The van der Waals surface area contributed by atoms with Gasteiger partial charge in [-0.3, -0.25) is 15.0 Å². The summed E-state index contributed by atoms with van der Waals surface area (Å²) in [6.45, 7) is 2.64. The number of rotatable bonds is 4. The summed E-state index contributed by atoms with van der Waals surface area (Å²) in [5.41, 5.74) is 5.92. The van der Waals surface area contributed by atoms with E-state index in [4.69, 9.17) is 0 Å². The minimum absolute atomic E-state index is 0.171. The minimum Gasteiger partial charge on any atom is -0.362 e. The van der Waals surface area contributed by atoms with E-state index >= 15 is 0 Å². The SMILES string of the molecule is Cc1nc2c(cnn2-c2ccccc2)c(=O)n1NC(=O)CN1CCc2ccccc21. The van der Waals surface area contributed by atoms with Crippen LogP contribution in [0.2, 0.25) is 0 Å². The summed E-state index contributed by atoms with van der Waals surface area (Å²) in [6, 6.07) is 17.5. The third-order valence-electron chi connectivity index (χ3n) is 5.32. The first-order valence-electron chi connectivity index (χ1n) is 9.77. The number of carbonyl (C=O) groups excluding carboxylic acids is 1. The molecule has 0 fully saturated rings. The molecule has 0 saturated carbocycles. The Morgan fingerprint density at radius 2 is 1.87 bits per heavy atom. The predicted molar refractivity (Wildman–Crippen MR) is 115 cm³/mol. The smallest absolute Gasteiger partial charge is 0.283 e. The maximum Gasteiger partial charge on any atom is 0.283 e. The largest absolute Gasteiger partial charge is 0.362 e. The lowest BCUT2D eigenvalue weighted by atomic mass is 10.2. The molecule has 4 aromatic rings. The van der Waals surface area contributed by atoms with Gasteiger partial charge in [-0.05, 0) is 37.1 Å². The maximum absolute atomic E-state index is 13.0. The topological polar surface area (TPSA) is 85.0 Å². The summed E-state index contributed by atoms with van der Waals surface area (Å²) >= 11 is 0. The molecular formula is C22H20N6O2. The highest BCUT2D eigenvalue weighted by Gasteiger charge is 2.21. The molecule has 0 saturated heterocycles. The second-order valence-electron chi connectivity index (χ2n) is 7.26. The van der Waals surface area contributed by atoms with Gasteiger partial charge in [0.25, 0.3) is 11.5 Å². The van der Waals surface area contributed by atoms with Crippen LogP contribution in [0.4, 0.5) is 5.69 Å². The fourth-order valence-corrected chi connectivity index (χ4v) is 3.87. The van der Waals surface area contributed by atoms with Gasteiger partial charge in [0.1, 0.15) is 11.2 Å². The highest BCUT2D eigenvalue weighted by Crippen LogP contribution is 2.26. The second kappa shape index (κ2) is 7.14. The average Bonchev–Trinajstić information content (AvgIpc) is 3.36. The van der Waals surface area contributed by atoms with E-state index in [1.807, 2.05) is 53.4 Å². The van der Waals surface area contributed by atoms with Crippen LogP contribution in [0.5, 0.6) is 0 Å². The van der Waals surface area contributed by atoms with Crippen molar-refractivity contribution < 1.29 is 4.79 Å². The lowest BCUT2D eigenvalue weighted by Gasteiger charge is -2.19. The van der Waals surface area contributed by atoms with E-state index in [1.165, 1.54) is 16.4 Å². The lowest BCUT2D eigenvalue weighted by Crippen LogP contribution is -2.40. The average molecular weight is 400 g/mol. The number of fused-ring (bicyclic) bond motifs is 2. The number of hydrogen-bond acceptors (Lipinski definition) is 5. The van der Waals surface area contributed by atoms with Crippen molar-refractivity contribution in [2.24, 2.45) is 0 Å². The van der Waals surface area contributed by atoms with Crippen LogP contribution >= 0.6 is 0 Å². The highest BCUT2D eigenvalue weighted by molar-refractivity contribution is 5.89. The lowest BCUT2D eigenvalue weighted by molar-refractivity contribution is -0.115. The van der Waals surface area contributed by atoms with Crippen molar-refractivity contribution in [3.63, 3.8) is 0 Å². The number of nitrogens with zero attached hydrogens (tertiary/aromatic N) is 5. The van der Waals surface area contributed by atoms with Gasteiger partial charge in [-0.1, -0.05) is 36.4 Å². The fraction of sp³-hybridized carbons (Fsp3) is 0.182. The van der Waals surface area contributed by atoms with Crippen LogP contribution < -0.4 is 15.9 Å². The molecule has 30 heavy (non-hydrogen) atoms. The molecule has 0 atom stereocenters. The van der Waals surface area contributed by atoms with Gasteiger partial charge >= 0.3 is 0 Å². The summed E-state index contributed by atoms with van der Waals surface area (Å²) in [5, 5.41) is 4.66. The predicted octanol–water partition coefficient (Wildman–Crippen LogP) is 2.02. The van der Waals surface area contributed by atoms with Gasteiger partial charge in [-0.15, -0.1) is 0 Å². The van der Waals surface area contributed by atoms with Gasteiger partial charge in [-0.2, -0.15) is 5.10 Å². The Hall–Kier alpha value is -3.94. The molecule has 2 aromatic carbocycles. The number of nitrogens with one attached hydrogen (secondary N) is 1. The van der Waals surface area contributed by atoms with E-state index in [0.717, 1.165) is 24.3 Å². The van der Waals surface area contributed by atoms with Crippen molar-refractivity contribution in [1.29, 1.82) is 0 Å². The van der Waals surface area contributed by atoms with E-state index in [1.54, 1.807) is 11.6 Å². The van der Waals surface area contributed by atoms with Gasteiger partial charge in [0.05, 0.1) is 18.4 Å². The Morgan fingerprint density at radius 1 is 1.10 bits per heavy atom. The van der Waals surface area contributed by atoms with Crippen LogP contribution in [0.15, 0.2) is 65.6 Å². The molecule has 3 heterocycles. The Kier molecular flexibility index (Phi) is 4.31. The number of aromatic nitrogens is 4. The molecule has 8 heteroatoms. The summed E-state index contributed by atoms with van der Waals surface area (Å²) in [5.74, 6) is 0.119. The third kappa shape index (κ3) is 3.02. The monoisotopic (exact) mass is 400 g/mol. The van der Waals surface area contributed by atoms with Gasteiger partial charge < -0.3 is 4.90 Å². The standard InChI is InChI=1S/C22H20N6O2/c1-15-24-21-18(13-23-28(21)17-8-3-2-4-9-17)22(30)27(15)25-20(29)14-26-12-11-16-7-5-6-10-19(16)26/h2-10,13H,11-12,14H2,1H3,(H,25,29). The molecule has 8 nitrogen and oxygen atoms in total. The zero-order valence-corrected chi connectivity index (χ0v) is 16.4. The molecule has 1 aliphatic rings. The number of para-hydroxylation sites is 2. The Balaban J connectivity index is 1.43. The Labute approximate surface area is 172 Å². The first-order chi connectivity index (χ1) is 14.6. The van der Waals surface area contributed by atoms with Crippen molar-refractivity contribution in [3.8, 4) is 5.69 Å². The van der Waals surface area contributed by atoms with E-state index in [-0.39, 0.29) is 18.0 Å². The highest BCUT2D eigenvalue weighted by atomic mass is 16.2. The number of amides is 1. The third-order valence-corrected chi connectivity index (χ3v) is 5.32.